The van der Waals surface area contributed by atoms with Crippen LogP contribution in [0.5, 0.6) is 0 Å². The molecule has 0 bridgehead atoms. The Hall–Kier alpha value is -2.82. The molecule has 0 radical (unpaired) electrons. The minimum absolute atomic E-state index is 0.0227. The molecule has 0 saturated carbocycles. The lowest BCUT2D eigenvalue weighted by Gasteiger charge is -2.08. The van der Waals surface area contributed by atoms with E-state index in [4.69, 9.17) is 0 Å². The minimum atomic E-state index is -0.380. The molecule has 2 aromatic carbocycles. The summed E-state index contributed by atoms with van der Waals surface area (Å²) in [5, 5.41) is 6.00. The molecule has 2 rings (SSSR count). The lowest BCUT2D eigenvalue weighted by molar-refractivity contribution is -0.121. The Bertz CT molecular complexity index is 656. The van der Waals surface area contributed by atoms with Crippen LogP contribution in [0.1, 0.15) is 22.3 Å². The molecule has 0 atom stereocenters. The van der Waals surface area contributed by atoms with E-state index in [1.807, 2.05) is 36.4 Å². The Morgan fingerprint density at radius 2 is 1.83 bits per heavy atom. The number of nitrogens with one attached hydrogen (secondary N) is 2. The van der Waals surface area contributed by atoms with E-state index < -0.39 is 0 Å². The van der Waals surface area contributed by atoms with Crippen LogP contribution in [0, 0.1) is 0 Å². The van der Waals surface area contributed by atoms with Gasteiger partial charge in [-0.2, -0.15) is 0 Å². The summed E-state index contributed by atoms with van der Waals surface area (Å²) in [4.78, 5) is 23.3. The van der Waals surface area contributed by atoms with E-state index in [0.717, 1.165) is 11.3 Å². The van der Waals surface area contributed by atoms with Gasteiger partial charge in [0.1, 0.15) is 0 Å². The molecule has 2 N–H and O–H groups in total. The minimum Gasteiger partial charge on any atom is -0.465 e. The van der Waals surface area contributed by atoms with Crippen LogP contribution in [0.3, 0.4) is 0 Å². The maximum atomic E-state index is 11.8. The van der Waals surface area contributed by atoms with Crippen molar-refractivity contribution in [2.75, 3.05) is 19.0 Å². The molecule has 0 heterocycles. The quantitative estimate of drug-likeness (QED) is 0.771. The van der Waals surface area contributed by atoms with Gasteiger partial charge in [0.25, 0.3) is 0 Å². The third-order valence-electron chi connectivity index (χ3n) is 3.30. The highest BCUT2D eigenvalue weighted by Gasteiger charge is 2.06. The molecule has 0 unspecified atom stereocenters. The number of anilines is 1. The largest absolute Gasteiger partial charge is 0.465 e. The Morgan fingerprint density at radius 1 is 1.04 bits per heavy atom. The predicted molar refractivity (Wildman–Crippen MR) is 89.2 cm³/mol. The summed E-state index contributed by atoms with van der Waals surface area (Å²) in [6.45, 7) is 1.02. The number of esters is 1. The standard InChI is InChI=1S/C18H20N2O3/c1-23-18(22)15-8-5-9-16(12-15)19-11-10-17(21)20-13-14-6-3-2-4-7-14/h2-9,12,19H,10-11,13H2,1H3,(H,20,21). The van der Waals surface area contributed by atoms with Gasteiger partial charge >= 0.3 is 5.97 Å². The van der Waals surface area contributed by atoms with Crippen LogP contribution in [0.15, 0.2) is 54.6 Å². The first kappa shape index (κ1) is 16.5. The number of amides is 1. The lowest BCUT2D eigenvalue weighted by atomic mass is 10.2. The SMILES string of the molecule is COC(=O)c1cccc(NCCC(=O)NCc2ccccc2)c1. The summed E-state index contributed by atoms with van der Waals surface area (Å²) in [5.41, 5.74) is 2.33. The lowest BCUT2D eigenvalue weighted by Crippen LogP contribution is -2.24. The van der Waals surface area contributed by atoms with Crippen LogP contribution >= 0.6 is 0 Å². The first-order chi connectivity index (χ1) is 11.2. The fraction of sp³-hybridized carbons (Fsp3) is 0.222. The number of rotatable bonds is 7. The van der Waals surface area contributed by atoms with Crippen LogP contribution in [0.4, 0.5) is 5.69 Å². The van der Waals surface area contributed by atoms with Gasteiger partial charge in [0.2, 0.25) is 5.91 Å². The van der Waals surface area contributed by atoms with Crippen molar-refractivity contribution in [1.29, 1.82) is 0 Å². The van der Waals surface area contributed by atoms with Gasteiger partial charge in [0.15, 0.2) is 0 Å². The molecular formula is C18H20N2O3. The molecule has 0 aliphatic rings. The molecular weight excluding hydrogens is 292 g/mol. The van der Waals surface area contributed by atoms with Gasteiger partial charge in [-0.3, -0.25) is 4.79 Å². The van der Waals surface area contributed by atoms with Gasteiger partial charge < -0.3 is 15.4 Å². The number of ether oxygens (including phenoxy) is 1. The van der Waals surface area contributed by atoms with Crippen LogP contribution in [0.2, 0.25) is 0 Å². The number of hydrogen-bond acceptors (Lipinski definition) is 4. The van der Waals surface area contributed by atoms with E-state index in [2.05, 4.69) is 15.4 Å². The molecule has 23 heavy (non-hydrogen) atoms. The first-order valence-electron chi connectivity index (χ1n) is 7.42. The van der Waals surface area contributed by atoms with Crippen LogP contribution in [-0.4, -0.2) is 25.5 Å². The van der Waals surface area contributed by atoms with Crippen molar-refractivity contribution in [3.05, 3.63) is 65.7 Å². The average molecular weight is 312 g/mol. The second kappa shape index (κ2) is 8.58. The van der Waals surface area contributed by atoms with Crippen molar-refractivity contribution in [3.8, 4) is 0 Å². The molecule has 0 aromatic heterocycles. The average Bonchev–Trinajstić information content (AvgIpc) is 2.60. The Morgan fingerprint density at radius 3 is 2.57 bits per heavy atom. The molecule has 120 valence electrons. The van der Waals surface area contributed by atoms with Gasteiger partial charge in [-0.05, 0) is 23.8 Å². The summed E-state index contributed by atoms with van der Waals surface area (Å²) in [6, 6.07) is 16.8. The zero-order chi connectivity index (χ0) is 16.5. The molecule has 0 spiro atoms. The molecule has 2 aromatic rings. The Labute approximate surface area is 135 Å². The zero-order valence-corrected chi connectivity index (χ0v) is 13.0. The Kier molecular flexibility index (Phi) is 6.17. The van der Waals surface area contributed by atoms with Crippen molar-refractivity contribution in [2.45, 2.75) is 13.0 Å². The van der Waals surface area contributed by atoms with E-state index in [-0.39, 0.29) is 11.9 Å². The summed E-state index contributed by atoms with van der Waals surface area (Å²) >= 11 is 0. The molecule has 5 heteroatoms. The number of hydrogen-bond donors (Lipinski definition) is 2. The van der Waals surface area contributed by atoms with Crippen molar-refractivity contribution in [2.24, 2.45) is 0 Å². The van der Waals surface area contributed by atoms with Crippen LogP contribution in [0.25, 0.3) is 0 Å². The number of benzene rings is 2. The highest BCUT2D eigenvalue weighted by atomic mass is 16.5. The van der Waals surface area contributed by atoms with Crippen molar-refractivity contribution >= 4 is 17.6 Å². The smallest absolute Gasteiger partial charge is 0.337 e. The van der Waals surface area contributed by atoms with E-state index in [0.29, 0.717) is 25.1 Å². The maximum absolute atomic E-state index is 11.8. The molecule has 1 amide bonds. The number of carbonyl (C=O) groups is 2. The van der Waals surface area contributed by atoms with Crippen LogP contribution in [-0.2, 0) is 16.1 Å². The molecule has 0 fully saturated rings. The second-order valence-electron chi connectivity index (χ2n) is 5.01. The fourth-order valence-corrected chi connectivity index (χ4v) is 2.08. The Balaban J connectivity index is 1.74. The normalized spacial score (nSPS) is 9.96. The number of carbonyl (C=O) groups excluding carboxylic acids is 2. The second-order valence-corrected chi connectivity index (χ2v) is 5.01. The molecule has 0 aliphatic carbocycles. The highest BCUT2D eigenvalue weighted by molar-refractivity contribution is 5.90. The van der Waals surface area contributed by atoms with Crippen molar-refractivity contribution in [3.63, 3.8) is 0 Å². The van der Waals surface area contributed by atoms with E-state index >= 15 is 0 Å². The van der Waals surface area contributed by atoms with E-state index in [1.165, 1.54) is 7.11 Å². The van der Waals surface area contributed by atoms with E-state index in [9.17, 15) is 9.59 Å². The van der Waals surface area contributed by atoms with Crippen LogP contribution < -0.4 is 10.6 Å². The van der Waals surface area contributed by atoms with Gasteiger partial charge in [-0.15, -0.1) is 0 Å². The zero-order valence-electron chi connectivity index (χ0n) is 13.0. The van der Waals surface area contributed by atoms with Gasteiger partial charge in [0, 0.05) is 25.2 Å². The van der Waals surface area contributed by atoms with Gasteiger partial charge in [-0.25, -0.2) is 4.79 Å². The van der Waals surface area contributed by atoms with E-state index in [1.54, 1.807) is 18.2 Å². The third kappa shape index (κ3) is 5.47. The van der Waals surface area contributed by atoms with Crippen molar-refractivity contribution < 1.29 is 14.3 Å². The first-order valence-corrected chi connectivity index (χ1v) is 7.42. The fourth-order valence-electron chi connectivity index (χ4n) is 2.08. The molecule has 0 saturated heterocycles. The topological polar surface area (TPSA) is 67.4 Å². The highest BCUT2D eigenvalue weighted by Crippen LogP contribution is 2.11. The summed E-state index contributed by atoms with van der Waals surface area (Å²) < 4.78 is 4.68. The van der Waals surface area contributed by atoms with Crippen molar-refractivity contribution in [1.82, 2.24) is 5.32 Å². The monoisotopic (exact) mass is 312 g/mol. The van der Waals surface area contributed by atoms with Gasteiger partial charge in [-0.1, -0.05) is 36.4 Å². The summed E-state index contributed by atoms with van der Waals surface area (Å²) in [5.74, 6) is -0.403. The predicted octanol–water partition coefficient (Wildman–Crippen LogP) is 2.59. The summed E-state index contributed by atoms with van der Waals surface area (Å²) in [7, 11) is 1.35. The molecule has 0 aliphatic heterocycles. The summed E-state index contributed by atoms with van der Waals surface area (Å²) in [6.07, 6.45) is 0.356. The maximum Gasteiger partial charge on any atom is 0.337 e. The third-order valence-corrected chi connectivity index (χ3v) is 3.30. The molecule has 5 nitrogen and oxygen atoms in total. The van der Waals surface area contributed by atoms with Gasteiger partial charge in [0.05, 0.1) is 12.7 Å². The number of methoxy groups -OCH3 is 1.